The lowest BCUT2D eigenvalue weighted by atomic mass is 10.0. The fraction of sp³-hybridized carbons (Fsp3) is 0.389. The van der Waals surface area contributed by atoms with E-state index in [1.807, 2.05) is 31.2 Å². The Labute approximate surface area is 146 Å². The summed E-state index contributed by atoms with van der Waals surface area (Å²) in [7, 11) is 0. The predicted octanol–water partition coefficient (Wildman–Crippen LogP) is 2.93. The number of anilines is 1. The van der Waals surface area contributed by atoms with E-state index >= 15 is 0 Å². The highest BCUT2D eigenvalue weighted by Crippen LogP contribution is 2.37. The molecule has 7 nitrogen and oxygen atoms in total. The van der Waals surface area contributed by atoms with Crippen LogP contribution in [-0.4, -0.2) is 26.3 Å². The molecule has 0 fully saturated rings. The molecule has 3 rings (SSSR count). The molecule has 0 bridgehead atoms. The maximum Gasteiger partial charge on any atom is 0.225 e. The molecule has 25 heavy (non-hydrogen) atoms. The van der Waals surface area contributed by atoms with Gasteiger partial charge in [-0.05, 0) is 19.1 Å². The summed E-state index contributed by atoms with van der Waals surface area (Å²) >= 11 is 0. The maximum absolute atomic E-state index is 12.3. The lowest BCUT2D eigenvalue weighted by molar-refractivity contribution is -0.116. The van der Waals surface area contributed by atoms with E-state index in [1.54, 1.807) is 10.9 Å². The van der Waals surface area contributed by atoms with Crippen molar-refractivity contribution in [1.29, 1.82) is 0 Å². The fourth-order valence-electron chi connectivity index (χ4n) is 2.60. The predicted molar refractivity (Wildman–Crippen MR) is 93.8 cm³/mol. The number of terminal acetylenes is 1. The van der Waals surface area contributed by atoms with Crippen LogP contribution >= 0.6 is 0 Å². The van der Waals surface area contributed by atoms with Gasteiger partial charge in [-0.3, -0.25) is 9.78 Å². The molecular weight excluding hydrogens is 316 g/mol. The topological polar surface area (TPSA) is 84.5 Å². The summed E-state index contributed by atoms with van der Waals surface area (Å²) in [4.78, 5) is 16.6. The summed E-state index contributed by atoms with van der Waals surface area (Å²) in [6, 6.07) is 7.56. The Morgan fingerprint density at radius 2 is 2.20 bits per heavy atom. The summed E-state index contributed by atoms with van der Waals surface area (Å²) in [5.74, 6) is 3.17. The first-order chi connectivity index (χ1) is 12.1. The number of pyridine rings is 1. The van der Waals surface area contributed by atoms with Gasteiger partial charge in [0.15, 0.2) is 5.66 Å². The molecule has 1 aliphatic rings. The molecule has 3 heterocycles. The molecule has 1 amide bonds. The number of hydrogen-bond acceptors (Lipinski definition) is 5. The molecule has 1 aliphatic heterocycles. The van der Waals surface area contributed by atoms with E-state index < -0.39 is 5.66 Å². The first-order valence-electron chi connectivity index (χ1n) is 8.22. The minimum absolute atomic E-state index is 0.0837. The largest absolute Gasteiger partial charge is 0.311 e. The first kappa shape index (κ1) is 16.8. The molecule has 2 aromatic rings. The van der Waals surface area contributed by atoms with Crippen LogP contribution in [-0.2, 0) is 11.3 Å². The molecule has 0 saturated carbocycles. The van der Waals surface area contributed by atoms with Gasteiger partial charge < -0.3 is 5.32 Å². The van der Waals surface area contributed by atoms with Crippen LogP contribution in [0.2, 0.25) is 0 Å². The third kappa shape index (κ3) is 4.51. The second-order valence-electron chi connectivity index (χ2n) is 6.08. The van der Waals surface area contributed by atoms with E-state index in [9.17, 15) is 4.79 Å². The molecule has 128 valence electrons. The van der Waals surface area contributed by atoms with E-state index in [1.165, 1.54) is 0 Å². The smallest absolute Gasteiger partial charge is 0.225 e. The molecule has 0 radical (unpaired) electrons. The van der Waals surface area contributed by atoms with Gasteiger partial charge in [0.1, 0.15) is 5.82 Å². The Morgan fingerprint density at radius 1 is 1.36 bits per heavy atom. The standard InChI is InChI=1S/C18H20N6O/c1-3-4-9-18(22-23-18)10-8-17(25)20-16-12-14(2)21-24(16)13-15-7-5-6-11-19-15/h1,5-7,11-12H,4,8-10,13H2,2H3,(H,20,25). The summed E-state index contributed by atoms with van der Waals surface area (Å²) in [5, 5.41) is 15.4. The van der Waals surface area contributed by atoms with Gasteiger partial charge in [0.25, 0.3) is 0 Å². The van der Waals surface area contributed by atoms with Crippen LogP contribution in [0, 0.1) is 19.3 Å². The Balaban J connectivity index is 1.57. The van der Waals surface area contributed by atoms with Crippen LogP contribution in [0.5, 0.6) is 0 Å². The zero-order valence-corrected chi connectivity index (χ0v) is 14.1. The van der Waals surface area contributed by atoms with Gasteiger partial charge in [0.2, 0.25) is 5.91 Å². The van der Waals surface area contributed by atoms with Crippen molar-refractivity contribution in [3.63, 3.8) is 0 Å². The number of hydrogen-bond donors (Lipinski definition) is 1. The molecule has 0 aliphatic carbocycles. The van der Waals surface area contributed by atoms with Crippen molar-refractivity contribution in [3.8, 4) is 12.3 Å². The van der Waals surface area contributed by atoms with Crippen LogP contribution in [0.4, 0.5) is 5.82 Å². The minimum Gasteiger partial charge on any atom is -0.311 e. The van der Waals surface area contributed by atoms with E-state index in [2.05, 4.69) is 31.5 Å². The lowest BCUT2D eigenvalue weighted by Crippen LogP contribution is -2.19. The number of carbonyl (C=O) groups excluding carboxylic acids is 1. The number of aromatic nitrogens is 3. The molecule has 0 atom stereocenters. The Bertz CT molecular complexity index is 812. The molecule has 0 aromatic carbocycles. The maximum atomic E-state index is 12.3. The van der Waals surface area contributed by atoms with Gasteiger partial charge in [-0.25, -0.2) is 4.68 Å². The Morgan fingerprint density at radius 3 is 2.88 bits per heavy atom. The number of amides is 1. The summed E-state index contributed by atoms with van der Waals surface area (Å²) in [6.07, 6.45) is 9.25. The second kappa shape index (κ2) is 7.26. The highest BCUT2D eigenvalue weighted by molar-refractivity contribution is 5.90. The van der Waals surface area contributed by atoms with Crippen LogP contribution in [0.25, 0.3) is 0 Å². The highest BCUT2D eigenvalue weighted by Gasteiger charge is 2.39. The van der Waals surface area contributed by atoms with E-state index in [0.29, 0.717) is 38.0 Å². The van der Waals surface area contributed by atoms with Crippen LogP contribution < -0.4 is 5.32 Å². The lowest BCUT2D eigenvalue weighted by Gasteiger charge is -2.10. The van der Waals surface area contributed by atoms with Gasteiger partial charge in [-0.15, -0.1) is 12.3 Å². The summed E-state index contributed by atoms with van der Waals surface area (Å²) < 4.78 is 1.75. The van der Waals surface area contributed by atoms with Crippen LogP contribution in [0.15, 0.2) is 40.7 Å². The van der Waals surface area contributed by atoms with E-state index in [0.717, 1.165) is 11.4 Å². The summed E-state index contributed by atoms with van der Waals surface area (Å²) in [5.41, 5.74) is 1.28. The van der Waals surface area contributed by atoms with Gasteiger partial charge in [-0.1, -0.05) is 6.07 Å². The van der Waals surface area contributed by atoms with Crippen LogP contribution in [0.1, 0.15) is 37.1 Å². The highest BCUT2D eigenvalue weighted by atomic mass is 16.1. The fourth-order valence-corrected chi connectivity index (χ4v) is 2.60. The third-order valence-electron chi connectivity index (χ3n) is 4.01. The first-order valence-corrected chi connectivity index (χ1v) is 8.22. The molecule has 0 spiro atoms. The number of nitrogens with one attached hydrogen (secondary N) is 1. The number of rotatable bonds is 8. The van der Waals surface area contributed by atoms with Crippen molar-refractivity contribution in [3.05, 3.63) is 41.9 Å². The molecule has 0 unspecified atom stereocenters. The van der Waals surface area contributed by atoms with E-state index in [4.69, 9.17) is 6.42 Å². The normalized spacial score (nSPS) is 14.1. The average Bonchev–Trinajstić information content (AvgIpc) is 3.30. The monoisotopic (exact) mass is 336 g/mol. The molecule has 7 heteroatoms. The van der Waals surface area contributed by atoms with Gasteiger partial charge in [0.05, 0.1) is 17.9 Å². The second-order valence-corrected chi connectivity index (χ2v) is 6.08. The molecule has 1 N–H and O–H groups in total. The zero-order chi connectivity index (χ0) is 17.7. The SMILES string of the molecule is C#CCCC1(CCC(=O)Nc2cc(C)nn2Cc2ccccn2)N=N1. The minimum atomic E-state index is -0.437. The van der Waals surface area contributed by atoms with Crippen LogP contribution in [0.3, 0.4) is 0 Å². The number of carbonyl (C=O) groups is 1. The third-order valence-corrected chi connectivity index (χ3v) is 4.01. The average molecular weight is 336 g/mol. The van der Waals surface area contributed by atoms with Crippen molar-refractivity contribution in [2.24, 2.45) is 10.2 Å². The molecule has 0 saturated heterocycles. The zero-order valence-electron chi connectivity index (χ0n) is 14.1. The van der Waals surface area contributed by atoms with Crippen molar-refractivity contribution in [2.75, 3.05) is 5.32 Å². The number of aryl methyl sites for hydroxylation is 1. The van der Waals surface area contributed by atoms with Gasteiger partial charge >= 0.3 is 0 Å². The van der Waals surface area contributed by atoms with Crippen molar-refractivity contribution in [1.82, 2.24) is 14.8 Å². The Hall–Kier alpha value is -3.01. The van der Waals surface area contributed by atoms with Gasteiger partial charge in [-0.2, -0.15) is 15.3 Å². The van der Waals surface area contributed by atoms with Gasteiger partial charge in [0, 0.05) is 37.9 Å². The molecule has 2 aromatic heterocycles. The van der Waals surface area contributed by atoms with Crippen molar-refractivity contribution < 1.29 is 4.79 Å². The van der Waals surface area contributed by atoms with Crippen molar-refractivity contribution >= 4 is 11.7 Å². The quantitative estimate of drug-likeness (QED) is 0.752. The Kier molecular flexibility index (Phi) is 4.89. The van der Waals surface area contributed by atoms with E-state index in [-0.39, 0.29) is 5.91 Å². The van der Waals surface area contributed by atoms with Crippen molar-refractivity contribution in [2.45, 2.75) is 44.8 Å². The summed E-state index contributed by atoms with van der Waals surface area (Å²) in [6.45, 7) is 2.39. The number of nitrogens with zero attached hydrogens (tertiary/aromatic N) is 5. The molecular formula is C18H20N6O.